The highest BCUT2D eigenvalue weighted by Gasteiger charge is 2.25. The van der Waals surface area contributed by atoms with E-state index in [-0.39, 0.29) is 12.1 Å². The SMILES string of the molecule is Clc1ccc(NC(c2ccc(Cl)cc2)C(Nc2ccc(Cl)cc2)c2ccc(Cl)cc2)cc1. The van der Waals surface area contributed by atoms with Crippen molar-refractivity contribution in [1.29, 1.82) is 0 Å². The van der Waals surface area contributed by atoms with Gasteiger partial charge >= 0.3 is 0 Å². The highest BCUT2D eigenvalue weighted by atomic mass is 35.5. The maximum atomic E-state index is 6.17. The fourth-order valence-corrected chi connectivity index (χ4v) is 4.01. The molecule has 0 radical (unpaired) electrons. The van der Waals surface area contributed by atoms with Crippen molar-refractivity contribution in [3.63, 3.8) is 0 Å². The molecular formula is C26H20Cl4N2. The van der Waals surface area contributed by atoms with Gasteiger partial charge in [0.2, 0.25) is 0 Å². The van der Waals surface area contributed by atoms with Crippen molar-refractivity contribution < 1.29 is 0 Å². The minimum Gasteiger partial charge on any atom is -0.376 e. The van der Waals surface area contributed by atoms with E-state index in [1.54, 1.807) is 0 Å². The summed E-state index contributed by atoms with van der Waals surface area (Å²) in [6, 6.07) is 30.8. The molecule has 0 amide bonds. The average Bonchev–Trinajstić information content (AvgIpc) is 2.80. The van der Waals surface area contributed by atoms with Crippen molar-refractivity contribution in [2.24, 2.45) is 0 Å². The van der Waals surface area contributed by atoms with Gasteiger partial charge < -0.3 is 10.6 Å². The maximum Gasteiger partial charge on any atom is 0.0757 e. The molecule has 4 aromatic carbocycles. The van der Waals surface area contributed by atoms with Crippen LogP contribution >= 0.6 is 46.4 Å². The van der Waals surface area contributed by atoms with Gasteiger partial charge in [-0.2, -0.15) is 0 Å². The summed E-state index contributed by atoms with van der Waals surface area (Å²) in [5.74, 6) is 0. The Bertz CT molecular complexity index is 1050. The molecule has 2 unspecified atom stereocenters. The van der Waals surface area contributed by atoms with Crippen LogP contribution in [0.5, 0.6) is 0 Å². The highest BCUT2D eigenvalue weighted by molar-refractivity contribution is 6.31. The molecule has 0 saturated heterocycles. The zero-order valence-corrected chi connectivity index (χ0v) is 19.9. The Morgan fingerprint density at radius 1 is 0.375 bits per heavy atom. The van der Waals surface area contributed by atoms with E-state index in [1.807, 2.05) is 97.1 Å². The molecule has 0 aromatic heterocycles. The van der Waals surface area contributed by atoms with Crippen molar-refractivity contribution in [1.82, 2.24) is 0 Å². The molecular weight excluding hydrogens is 482 g/mol. The average molecular weight is 502 g/mol. The van der Waals surface area contributed by atoms with Gasteiger partial charge in [0.1, 0.15) is 0 Å². The first-order valence-corrected chi connectivity index (χ1v) is 11.5. The molecule has 2 N–H and O–H groups in total. The van der Waals surface area contributed by atoms with Gasteiger partial charge in [0.25, 0.3) is 0 Å². The smallest absolute Gasteiger partial charge is 0.0757 e. The van der Waals surface area contributed by atoms with Gasteiger partial charge in [-0.3, -0.25) is 0 Å². The van der Waals surface area contributed by atoms with Crippen LogP contribution in [0.3, 0.4) is 0 Å². The van der Waals surface area contributed by atoms with Crippen LogP contribution in [0, 0.1) is 0 Å². The van der Waals surface area contributed by atoms with Gasteiger partial charge in [0, 0.05) is 31.5 Å². The van der Waals surface area contributed by atoms with E-state index in [1.165, 1.54) is 0 Å². The Hall–Kier alpha value is -2.36. The summed E-state index contributed by atoms with van der Waals surface area (Å²) in [4.78, 5) is 0. The number of nitrogens with one attached hydrogen (secondary N) is 2. The van der Waals surface area contributed by atoms with Crippen LogP contribution in [0.4, 0.5) is 11.4 Å². The van der Waals surface area contributed by atoms with Gasteiger partial charge in [-0.15, -0.1) is 0 Å². The molecule has 0 fully saturated rings. The summed E-state index contributed by atoms with van der Waals surface area (Å²) in [6.45, 7) is 0. The Morgan fingerprint density at radius 2 is 0.625 bits per heavy atom. The second-order valence-electron chi connectivity index (χ2n) is 7.36. The summed E-state index contributed by atoms with van der Waals surface area (Å²) in [7, 11) is 0. The van der Waals surface area contributed by atoms with E-state index < -0.39 is 0 Å². The second-order valence-corrected chi connectivity index (χ2v) is 9.11. The molecule has 2 nitrogen and oxygen atoms in total. The molecule has 0 aliphatic carbocycles. The molecule has 0 heterocycles. The third-order valence-electron chi connectivity index (χ3n) is 5.12. The molecule has 0 aliphatic rings. The monoisotopic (exact) mass is 500 g/mol. The van der Waals surface area contributed by atoms with E-state index in [0.717, 1.165) is 22.5 Å². The first kappa shape index (κ1) is 22.8. The lowest BCUT2D eigenvalue weighted by molar-refractivity contribution is 0.650. The first-order valence-electron chi connectivity index (χ1n) is 10.0. The van der Waals surface area contributed by atoms with E-state index in [9.17, 15) is 0 Å². The molecule has 0 aliphatic heterocycles. The molecule has 2 atom stereocenters. The quantitative estimate of drug-likeness (QED) is 0.263. The minimum absolute atomic E-state index is 0.134. The van der Waals surface area contributed by atoms with E-state index in [4.69, 9.17) is 46.4 Å². The van der Waals surface area contributed by atoms with Crippen LogP contribution in [-0.2, 0) is 0 Å². The Balaban J connectivity index is 1.78. The van der Waals surface area contributed by atoms with Crippen LogP contribution in [0.2, 0.25) is 20.1 Å². The Kier molecular flexibility index (Phi) is 7.49. The van der Waals surface area contributed by atoms with Gasteiger partial charge in [-0.05, 0) is 83.9 Å². The lowest BCUT2D eigenvalue weighted by Crippen LogP contribution is -2.25. The zero-order valence-electron chi connectivity index (χ0n) is 16.9. The van der Waals surface area contributed by atoms with Crippen molar-refractivity contribution in [2.45, 2.75) is 12.1 Å². The van der Waals surface area contributed by atoms with Crippen molar-refractivity contribution in [2.75, 3.05) is 10.6 Å². The van der Waals surface area contributed by atoms with E-state index >= 15 is 0 Å². The van der Waals surface area contributed by atoms with Crippen molar-refractivity contribution in [3.05, 3.63) is 128 Å². The molecule has 6 heteroatoms. The highest BCUT2D eigenvalue weighted by Crippen LogP contribution is 2.36. The summed E-state index contributed by atoms with van der Waals surface area (Å²) in [5, 5.41) is 10.1. The van der Waals surface area contributed by atoms with Gasteiger partial charge in [0.05, 0.1) is 12.1 Å². The molecule has 32 heavy (non-hydrogen) atoms. The van der Waals surface area contributed by atoms with E-state index in [2.05, 4.69) is 10.6 Å². The Labute approximate surface area is 208 Å². The fourth-order valence-electron chi connectivity index (χ4n) is 3.51. The number of halogens is 4. The summed E-state index contributed by atoms with van der Waals surface area (Å²) in [6.07, 6.45) is 0. The third-order valence-corrected chi connectivity index (χ3v) is 6.13. The lowest BCUT2D eigenvalue weighted by atomic mass is 9.92. The van der Waals surface area contributed by atoms with Gasteiger partial charge in [0.15, 0.2) is 0 Å². The standard InChI is InChI=1S/C26H20Cl4N2/c27-19-5-1-17(2-6-19)25(31-23-13-9-21(29)10-14-23)26(18-3-7-20(28)8-4-18)32-24-15-11-22(30)12-16-24/h1-16,25-26,31-32H. The van der Waals surface area contributed by atoms with Crippen molar-refractivity contribution >= 4 is 57.8 Å². The first-order chi connectivity index (χ1) is 15.5. The van der Waals surface area contributed by atoms with Gasteiger partial charge in [-0.1, -0.05) is 70.7 Å². The largest absolute Gasteiger partial charge is 0.376 e. The van der Waals surface area contributed by atoms with E-state index in [0.29, 0.717) is 20.1 Å². The number of benzene rings is 4. The molecule has 4 rings (SSSR count). The predicted molar refractivity (Wildman–Crippen MR) is 139 cm³/mol. The predicted octanol–water partition coefficient (Wildman–Crippen LogP) is 9.31. The molecule has 4 aromatic rings. The molecule has 0 spiro atoms. The summed E-state index contributed by atoms with van der Waals surface area (Å²) >= 11 is 24.5. The van der Waals surface area contributed by atoms with Crippen LogP contribution < -0.4 is 10.6 Å². The number of hydrogen-bond acceptors (Lipinski definition) is 2. The minimum atomic E-state index is -0.134. The lowest BCUT2D eigenvalue weighted by Gasteiger charge is -2.31. The fraction of sp³-hybridized carbons (Fsp3) is 0.0769. The molecule has 0 saturated carbocycles. The molecule has 162 valence electrons. The van der Waals surface area contributed by atoms with Crippen LogP contribution in [0.25, 0.3) is 0 Å². The Morgan fingerprint density at radius 3 is 0.906 bits per heavy atom. The second kappa shape index (κ2) is 10.5. The third kappa shape index (κ3) is 5.90. The van der Waals surface area contributed by atoms with Crippen LogP contribution in [0.1, 0.15) is 23.2 Å². The zero-order chi connectivity index (χ0) is 22.5. The molecule has 0 bridgehead atoms. The number of anilines is 2. The summed E-state index contributed by atoms with van der Waals surface area (Å²) in [5.41, 5.74) is 4.05. The number of rotatable bonds is 7. The van der Waals surface area contributed by atoms with Crippen LogP contribution in [-0.4, -0.2) is 0 Å². The van der Waals surface area contributed by atoms with Crippen LogP contribution in [0.15, 0.2) is 97.1 Å². The topological polar surface area (TPSA) is 24.1 Å². The summed E-state index contributed by atoms with van der Waals surface area (Å²) < 4.78 is 0. The maximum absolute atomic E-state index is 6.17. The normalized spacial score (nSPS) is 12.8. The number of hydrogen-bond donors (Lipinski definition) is 2. The van der Waals surface area contributed by atoms with Gasteiger partial charge in [-0.25, -0.2) is 0 Å². The van der Waals surface area contributed by atoms with Crippen molar-refractivity contribution in [3.8, 4) is 0 Å².